The molecule has 2 N–H and O–H groups in total. The van der Waals surface area contributed by atoms with Gasteiger partial charge in [0.15, 0.2) is 0 Å². The van der Waals surface area contributed by atoms with Crippen molar-refractivity contribution in [2.75, 3.05) is 0 Å². The fourth-order valence-corrected chi connectivity index (χ4v) is 0. The molecule has 4 heavy (non-hydrogen) atoms. The van der Waals surface area contributed by atoms with Gasteiger partial charge in [0.25, 0.3) is 0 Å². The maximum absolute atomic E-state index is 4.41. The van der Waals surface area contributed by atoms with E-state index in [9.17, 15) is 0 Å². The molecule has 3 heteroatoms. The summed E-state index contributed by atoms with van der Waals surface area (Å²) < 4.78 is 0. The molecular weight excluding hydrogens is 147 g/mol. The molecule has 0 rings (SSSR count). The fourth-order valence-electron chi connectivity index (χ4n) is 0. The number of hydrogen-bond acceptors (Lipinski definition) is 1. The van der Waals surface area contributed by atoms with Crippen LogP contribution < -0.4 is 5.73 Å². The van der Waals surface area contributed by atoms with E-state index in [1.54, 1.807) is 0 Å². The summed E-state index contributed by atoms with van der Waals surface area (Å²) in [6.07, 6.45) is 0. The monoisotopic (exact) mass is 149 g/mol. The summed E-state index contributed by atoms with van der Waals surface area (Å²) in [7, 11) is 0. The SMILES string of the molecule is N[C-]=S.[Y]. The van der Waals surface area contributed by atoms with Crippen LogP contribution >= 0.6 is 12.2 Å². The topological polar surface area (TPSA) is 26.0 Å². The average molecular weight is 149 g/mol. The van der Waals surface area contributed by atoms with Crippen molar-refractivity contribution in [2.24, 2.45) is 5.73 Å². The first-order valence-corrected chi connectivity index (χ1v) is 0.901. The molecule has 0 fully saturated rings. The van der Waals surface area contributed by atoms with Gasteiger partial charge in [-0.25, -0.2) is 0 Å². The number of thiocarbonyl (C=S) groups is 1. The molecule has 1 nitrogen and oxygen atoms in total. The molecule has 0 aromatic rings. The Morgan fingerprint density at radius 2 is 1.75 bits per heavy atom. The smallest absolute Gasteiger partial charge is 0 e. The Bertz CT molecular complexity index is 15.5. The molecule has 0 heterocycles. The molecular formula is CH2NSY-. The van der Waals surface area contributed by atoms with E-state index in [1.165, 1.54) is 0 Å². The summed E-state index contributed by atoms with van der Waals surface area (Å²) >= 11 is 3.92. The van der Waals surface area contributed by atoms with E-state index in [4.69, 9.17) is 0 Å². The number of hydrogen-bond donors (Lipinski definition) is 1. The normalized spacial score (nSPS) is 3.00. The van der Waals surface area contributed by atoms with Gasteiger partial charge in [0, 0.05) is 32.7 Å². The summed E-state index contributed by atoms with van der Waals surface area (Å²) in [5.41, 5.74) is 6.25. The average Bonchev–Trinajstić information content (AvgIpc) is 0.918. The van der Waals surface area contributed by atoms with E-state index in [-0.39, 0.29) is 32.7 Å². The van der Waals surface area contributed by atoms with Crippen LogP contribution in [0, 0.1) is 0 Å². The van der Waals surface area contributed by atoms with E-state index in [1.807, 2.05) is 5.49 Å². The Morgan fingerprint density at radius 1 is 1.75 bits per heavy atom. The first-order chi connectivity index (χ1) is 1.41. The maximum atomic E-state index is 4.41. The molecule has 1 radical (unpaired) electrons. The predicted octanol–water partition coefficient (Wildman–Crippen LogP) is -0.223. The Morgan fingerprint density at radius 3 is 1.75 bits per heavy atom. The van der Waals surface area contributed by atoms with Crippen LogP contribution in [0.1, 0.15) is 0 Å². The standard InChI is InChI=1S/CH2NS.Y/c2-1-3;/h(H2,2,3);/q-1;. The van der Waals surface area contributed by atoms with Gasteiger partial charge in [0.05, 0.1) is 0 Å². The molecule has 0 aliphatic carbocycles. The van der Waals surface area contributed by atoms with Crippen LogP contribution in [0.15, 0.2) is 0 Å². The fraction of sp³-hybridized carbons (Fsp3) is 0. The Labute approximate surface area is 55.8 Å². The van der Waals surface area contributed by atoms with Gasteiger partial charge in [-0.05, 0) is 0 Å². The van der Waals surface area contributed by atoms with Crippen molar-refractivity contribution in [3.8, 4) is 0 Å². The van der Waals surface area contributed by atoms with E-state index in [2.05, 4.69) is 18.0 Å². The van der Waals surface area contributed by atoms with E-state index < -0.39 is 0 Å². The summed E-state index contributed by atoms with van der Waals surface area (Å²) in [5.74, 6) is 0. The van der Waals surface area contributed by atoms with Crippen molar-refractivity contribution in [2.45, 2.75) is 0 Å². The first kappa shape index (κ1) is 8.89. The van der Waals surface area contributed by atoms with Gasteiger partial charge >= 0.3 is 0 Å². The van der Waals surface area contributed by atoms with Gasteiger partial charge in [-0.15, -0.1) is 0 Å². The molecule has 21 valence electrons. The molecule has 0 amide bonds. The molecule has 0 atom stereocenters. The van der Waals surface area contributed by atoms with Crippen molar-refractivity contribution < 1.29 is 32.7 Å². The Balaban J connectivity index is 0. The van der Waals surface area contributed by atoms with Gasteiger partial charge in [-0.2, -0.15) is 0 Å². The zero-order valence-electron chi connectivity index (χ0n) is 2.06. The maximum Gasteiger partial charge on any atom is 0 e. The minimum atomic E-state index is 0. The Hall–Kier alpha value is 0.994. The van der Waals surface area contributed by atoms with Crippen molar-refractivity contribution in [1.82, 2.24) is 0 Å². The van der Waals surface area contributed by atoms with Gasteiger partial charge in [0.2, 0.25) is 0 Å². The van der Waals surface area contributed by atoms with E-state index in [0.717, 1.165) is 0 Å². The summed E-state index contributed by atoms with van der Waals surface area (Å²) in [6.45, 7) is 0. The molecule has 0 unspecified atom stereocenters. The van der Waals surface area contributed by atoms with Crippen molar-refractivity contribution in [1.29, 1.82) is 0 Å². The quantitative estimate of drug-likeness (QED) is 0.292. The van der Waals surface area contributed by atoms with Gasteiger partial charge in [0.1, 0.15) is 0 Å². The number of rotatable bonds is 0. The van der Waals surface area contributed by atoms with Crippen LogP contribution in [-0.2, 0) is 32.7 Å². The third-order valence-electron chi connectivity index (χ3n) is 0. The van der Waals surface area contributed by atoms with Gasteiger partial charge < -0.3 is 23.4 Å². The van der Waals surface area contributed by atoms with Crippen LogP contribution in [-0.4, -0.2) is 5.49 Å². The van der Waals surface area contributed by atoms with Gasteiger partial charge in [-0.3, -0.25) is 0 Å². The Kier molecular flexibility index (Phi) is 20.0. The second kappa shape index (κ2) is 9.00. The third-order valence-corrected chi connectivity index (χ3v) is 0. The predicted molar refractivity (Wildman–Crippen MR) is 16.8 cm³/mol. The summed E-state index contributed by atoms with van der Waals surface area (Å²) in [6, 6.07) is 0. The molecule has 0 bridgehead atoms. The largest absolute Gasteiger partial charge is 0.570 e. The minimum absolute atomic E-state index is 0. The molecule has 0 aliphatic heterocycles. The van der Waals surface area contributed by atoms with Gasteiger partial charge in [-0.1, -0.05) is 0 Å². The molecule has 0 spiro atoms. The van der Waals surface area contributed by atoms with Crippen LogP contribution in [0.2, 0.25) is 0 Å². The number of nitrogens with two attached hydrogens (primary N) is 1. The van der Waals surface area contributed by atoms with Crippen molar-refractivity contribution in [3.05, 3.63) is 0 Å². The van der Waals surface area contributed by atoms with Crippen LogP contribution in [0.25, 0.3) is 0 Å². The minimum Gasteiger partial charge on any atom is -0.570 e. The van der Waals surface area contributed by atoms with Crippen LogP contribution in [0.4, 0.5) is 0 Å². The van der Waals surface area contributed by atoms with Crippen LogP contribution in [0.5, 0.6) is 0 Å². The zero-order valence-corrected chi connectivity index (χ0v) is 5.72. The second-order valence-electron chi connectivity index (χ2n) is 0.118. The summed E-state index contributed by atoms with van der Waals surface area (Å²) in [5, 5.41) is 0. The van der Waals surface area contributed by atoms with E-state index >= 15 is 0 Å². The van der Waals surface area contributed by atoms with Crippen molar-refractivity contribution in [3.63, 3.8) is 0 Å². The summed E-state index contributed by atoms with van der Waals surface area (Å²) in [4.78, 5) is 0. The van der Waals surface area contributed by atoms with E-state index in [0.29, 0.717) is 0 Å². The molecule has 0 aliphatic rings. The second-order valence-corrected chi connectivity index (χ2v) is 0.354. The van der Waals surface area contributed by atoms with Crippen molar-refractivity contribution >= 4 is 17.7 Å². The zero-order chi connectivity index (χ0) is 2.71. The first-order valence-electron chi connectivity index (χ1n) is 0.493. The third kappa shape index (κ3) is 12.0. The molecule has 0 saturated carbocycles. The molecule has 0 aromatic carbocycles. The molecule has 0 aromatic heterocycles. The molecule has 0 saturated heterocycles. The van der Waals surface area contributed by atoms with Crippen LogP contribution in [0.3, 0.4) is 0 Å².